The van der Waals surface area contributed by atoms with Gasteiger partial charge in [0, 0.05) is 13.2 Å². The maximum Gasteiger partial charge on any atom is 0.188 e. The number of rotatable bonds is 33. The van der Waals surface area contributed by atoms with Crippen LogP contribution in [0.3, 0.4) is 0 Å². The Balaban J connectivity index is 3.63. The molecule has 0 rings (SSSR count). The standard InChI is InChI=1S/C34H68O4/c1-4-7-10-19-24-29-35-33-36-30-25-22-17-15-13-14-16-18-23-28-34(37-31-26-20-11-8-5-2)38-32-27-21-12-9-6-3/h25,30,34H,4-24,26-29,31-33H2,1-3H3. The van der Waals surface area contributed by atoms with E-state index in [9.17, 15) is 0 Å². The fourth-order valence-electron chi connectivity index (χ4n) is 4.60. The van der Waals surface area contributed by atoms with Crippen molar-refractivity contribution in [1.82, 2.24) is 0 Å². The largest absolute Gasteiger partial charge is 0.475 e. The quantitative estimate of drug-likeness (QED) is 0.0471. The molecule has 228 valence electrons. The van der Waals surface area contributed by atoms with E-state index in [4.69, 9.17) is 18.9 Å². The highest BCUT2D eigenvalue weighted by molar-refractivity contribution is 4.72. The first-order chi connectivity index (χ1) is 18.8. The first kappa shape index (κ1) is 37.4. The zero-order valence-corrected chi connectivity index (χ0v) is 26.2. The average molecular weight is 541 g/mol. The molecule has 0 spiro atoms. The summed E-state index contributed by atoms with van der Waals surface area (Å²) >= 11 is 0. The molecule has 0 aromatic carbocycles. The SMILES string of the molecule is CCCCCCCOCOC=CCCCCCCCCCC(OCCCCCCC)OCCCCCCC. The van der Waals surface area contributed by atoms with Crippen molar-refractivity contribution < 1.29 is 18.9 Å². The van der Waals surface area contributed by atoms with Gasteiger partial charge in [-0.2, -0.15) is 0 Å². The molecule has 0 aromatic rings. The van der Waals surface area contributed by atoms with Gasteiger partial charge in [0.15, 0.2) is 13.1 Å². The van der Waals surface area contributed by atoms with Crippen molar-refractivity contribution in [1.29, 1.82) is 0 Å². The summed E-state index contributed by atoms with van der Waals surface area (Å²) in [6, 6.07) is 0. The lowest BCUT2D eigenvalue weighted by Gasteiger charge is -2.19. The third kappa shape index (κ3) is 31.6. The van der Waals surface area contributed by atoms with Gasteiger partial charge in [0.25, 0.3) is 0 Å². The summed E-state index contributed by atoms with van der Waals surface area (Å²) in [5, 5.41) is 0. The van der Waals surface area contributed by atoms with E-state index in [2.05, 4.69) is 26.8 Å². The molecule has 0 amide bonds. The lowest BCUT2D eigenvalue weighted by atomic mass is 10.1. The van der Waals surface area contributed by atoms with E-state index in [-0.39, 0.29) is 6.29 Å². The molecule has 0 heterocycles. The average Bonchev–Trinajstić information content (AvgIpc) is 2.93. The fraction of sp³-hybridized carbons (Fsp3) is 0.941. The van der Waals surface area contributed by atoms with E-state index < -0.39 is 0 Å². The fourth-order valence-corrected chi connectivity index (χ4v) is 4.60. The molecule has 0 radical (unpaired) electrons. The Hall–Kier alpha value is -0.580. The van der Waals surface area contributed by atoms with E-state index in [1.54, 1.807) is 0 Å². The van der Waals surface area contributed by atoms with Gasteiger partial charge in [0.1, 0.15) is 0 Å². The summed E-state index contributed by atoms with van der Waals surface area (Å²) in [6.07, 6.45) is 34.4. The predicted octanol–water partition coefficient (Wildman–Crippen LogP) is 11.3. The number of allylic oxidation sites excluding steroid dienone is 1. The summed E-state index contributed by atoms with van der Waals surface area (Å²) < 4.78 is 23.2. The second-order valence-corrected chi connectivity index (χ2v) is 11.0. The molecule has 0 aliphatic carbocycles. The second-order valence-electron chi connectivity index (χ2n) is 11.0. The first-order valence-corrected chi connectivity index (χ1v) is 16.9. The minimum atomic E-state index is 0.0116. The van der Waals surface area contributed by atoms with Crippen molar-refractivity contribution in [3.63, 3.8) is 0 Å². The van der Waals surface area contributed by atoms with Crippen LogP contribution < -0.4 is 0 Å². The Labute approximate surface area is 239 Å². The molecule has 0 bridgehead atoms. The zero-order valence-electron chi connectivity index (χ0n) is 26.2. The van der Waals surface area contributed by atoms with Crippen molar-refractivity contribution in [2.75, 3.05) is 26.6 Å². The van der Waals surface area contributed by atoms with E-state index in [0.717, 1.165) is 39.1 Å². The van der Waals surface area contributed by atoms with Gasteiger partial charge < -0.3 is 18.9 Å². The molecule has 4 nitrogen and oxygen atoms in total. The highest BCUT2D eigenvalue weighted by Crippen LogP contribution is 2.15. The van der Waals surface area contributed by atoms with Crippen molar-refractivity contribution in [2.24, 2.45) is 0 Å². The van der Waals surface area contributed by atoms with Crippen molar-refractivity contribution >= 4 is 0 Å². The molecule has 0 saturated carbocycles. The summed E-state index contributed by atoms with van der Waals surface area (Å²) in [6.45, 7) is 9.70. The normalized spacial score (nSPS) is 11.8. The lowest BCUT2D eigenvalue weighted by molar-refractivity contribution is -0.148. The summed E-state index contributed by atoms with van der Waals surface area (Å²) in [4.78, 5) is 0. The Bertz CT molecular complexity index is 424. The van der Waals surface area contributed by atoms with Crippen LogP contribution in [0.5, 0.6) is 0 Å². The summed E-state index contributed by atoms with van der Waals surface area (Å²) in [5.74, 6) is 0. The summed E-state index contributed by atoms with van der Waals surface area (Å²) in [5.41, 5.74) is 0. The van der Waals surface area contributed by atoms with Crippen molar-refractivity contribution in [2.45, 2.75) is 181 Å². The van der Waals surface area contributed by atoms with Gasteiger partial charge in [-0.15, -0.1) is 0 Å². The highest BCUT2D eigenvalue weighted by Gasteiger charge is 2.09. The van der Waals surface area contributed by atoms with Crippen molar-refractivity contribution in [3.05, 3.63) is 12.3 Å². The molecule has 0 unspecified atom stereocenters. The molecular formula is C34H68O4. The molecule has 0 aliphatic heterocycles. The maximum atomic E-state index is 6.14. The Morgan fingerprint density at radius 3 is 1.47 bits per heavy atom. The molecular weight excluding hydrogens is 472 g/mol. The van der Waals surface area contributed by atoms with Crippen LogP contribution in [0.4, 0.5) is 0 Å². The number of hydrogen-bond acceptors (Lipinski definition) is 4. The van der Waals surface area contributed by atoms with Crippen LogP contribution in [0.15, 0.2) is 12.3 Å². The molecule has 0 saturated heterocycles. The van der Waals surface area contributed by atoms with Crippen LogP contribution in [0.2, 0.25) is 0 Å². The van der Waals surface area contributed by atoms with Gasteiger partial charge in [0.05, 0.1) is 12.9 Å². The Morgan fingerprint density at radius 2 is 0.921 bits per heavy atom. The van der Waals surface area contributed by atoms with Gasteiger partial charge in [-0.25, -0.2) is 0 Å². The topological polar surface area (TPSA) is 36.9 Å². The van der Waals surface area contributed by atoms with Crippen LogP contribution in [-0.4, -0.2) is 32.9 Å². The molecule has 4 heteroatoms. The predicted molar refractivity (Wildman–Crippen MR) is 165 cm³/mol. The second kappa shape index (κ2) is 34.4. The number of unbranched alkanes of at least 4 members (excludes halogenated alkanes) is 19. The zero-order chi connectivity index (χ0) is 27.6. The van der Waals surface area contributed by atoms with Crippen molar-refractivity contribution in [3.8, 4) is 0 Å². The third-order valence-corrected chi connectivity index (χ3v) is 7.15. The van der Waals surface area contributed by atoms with Crippen LogP contribution >= 0.6 is 0 Å². The number of hydrogen-bond donors (Lipinski definition) is 0. The van der Waals surface area contributed by atoms with E-state index >= 15 is 0 Å². The first-order valence-electron chi connectivity index (χ1n) is 16.9. The van der Waals surface area contributed by atoms with Gasteiger partial charge in [-0.1, -0.05) is 130 Å². The van der Waals surface area contributed by atoms with Crippen LogP contribution in [0, 0.1) is 0 Å². The lowest BCUT2D eigenvalue weighted by Crippen LogP contribution is -2.19. The van der Waals surface area contributed by atoms with Gasteiger partial charge in [-0.3, -0.25) is 0 Å². The smallest absolute Gasteiger partial charge is 0.188 e. The molecule has 0 aromatic heterocycles. The maximum absolute atomic E-state index is 6.14. The molecule has 0 N–H and O–H groups in total. The van der Waals surface area contributed by atoms with Crippen LogP contribution in [-0.2, 0) is 18.9 Å². The Kier molecular flexibility index (Phi) is 33.9. The molecule has 0 fully saturated rings. The molecule has 0 aliphatic rings. The van der Waals surface area contributed by atoms with Gasteiger partial charge in [-0.05, 0) is 51.0 Å². The van der Waals surface area contributed by atoms with E-state index in [1.807, 2.05) is 6.26 Å². The Morgan fingerprint density at radius 1 is 0.474 bits per heavy atom. The molecule has 38 heavy (non-hydrogen) atoms. The van der Waals surface area contributed by atoms with Crippen LogP contribution in [0.25, 0.3) is 0 Å². The van der Waals surface area contributed by atoms with Gasteiger partial charge >= 0.3 is 0 Å². The monoisotopic (exact) mass is 541 g/mol. The highest BCUT2D eigenvalue weighted by atomic mass is 16.7. The molecule has 0 atom stereocenters. The minimum Gasteiger partial charge on any atom is -0.475 e. The van der Waals surface area contributed by atoms with E-state index in [1.165, 1.54) is 135 Å². The minimum absolute atomic E-state index is 0.0116. The number of ether oxygens (including phenoxy) is 4. The van der Waals surface area contributed by atoms with Gasteiger partial charge in [0.2, 0.25) is 0 Å². The van der Waals surface area contributed by atoms with Crippen LogP contribution in [0.1, 0.15) is 175 Å². The summed E-state index contributed by atoms with van der Waals surface area (Å²) in [7, 11) is 0. The third-order valence-electron chi connectivity index (χ3n) is 7.15. The van der Waals surface area contributed by atoms with E-state index in [0.29, 0.717) is 6.79 Å².